The molecule has 30 heavy (non-hydrogen) atoms. The van der Waals surface area contributed by atoms with Gasteiger partial charge < -0.3 is 10.6 Å². The lowest BCUT2D eigenvalue weighted by atomic mass is 9.81. The number of hydrogen-bond donors (Lipinski definition) is 2. The number of pyridine rings is 1. The Morgan fingerprint density at radius 1 is 1.03 bits per heavy atom. The molecule has 156 valence electrons. The van der Waals surface area contributed by atoms with Crippen molar-refractivity contribution in [2.24, 2.45) is 23.7 Å². The highest BCUT2D eigenvalue weighted by molar-refractivity contribution is 5.97. The van der Waals surface area contributed by atoms with Crippen LogP contribution in [0, 0.1) is 23.7 Å². The van der Waals surface area contributed by atoms with Crippen molar-refractivity contribution in [2.45, 2.75) is 19.1 Å². The number of carbonyl (C=O) groups is 2. The highest BCUT2D eigenvalue weighted by Crippen LogP contribution is 2.48. The number of aromatic nitrogens is 1. The van der Waals surface area contributed by atoms with Crippen molar-refractivity contribution in [3.05, 3.63) is 72.1 Å². The Hall–Kier alpha value is -3.16. The molecular formula is C22H20F3N3O2. The van der Waals surface area contributed by atoms with E-state index in [0.29, 0.717) is 13.0 Å². The van der Waals surface area contributed by atoms with Gasteiger partial charge in [0.1, 0.15) is 0 Å². The van der Waals surface area contributed by atoms with Gasteiger partial charge >= 0.3 is 6.18 Å². The van der Waals surface area contributed by atoms with Gasteiger partial charge in [0.05, 0.1) is 17.4 Å². The summed E-state index contributed by atoms with van der Waals surface area (Å²) in [5.74, 6) is -2.00. The second-order valence-corrected chi connectivity index (χ2v) is 7.65. The third-order valence-corrected chi connectivity index (χ3v) is 5.71. The smallest absolute Gasteiger partial charge is 0.352 e. The molecule has 1 saturated carbocycles. The van der Waals surface area contributed by atoms with Crippen LogP contribution >= 0.6 is 0 Å². The molecule has 0 spiro atoms. The quantitative estimate of drug-likeness (QED) is 0.730. The van der Waals surface area contributed by atoms with Gasteiger partial charge in [-0.1, -0.05) is 24.3 Å². The van der Waals surface area contributed by atoms with E-state index in [4.69, 9.17) is 0 Å². The molecule has 1 heterocycles. The van der Waals surface area contributed by atoms with Crippen LogP contribution in [-0.4, -0.2) is 16.8 Å². The highest BCUT2D eigenvalue weighted by Gasteiger charge is 2.51. The lowest BCUT2D eigenvalue weighted by molar-refractivity contribution is -0.137. The number of anilines is 1. The van der Waals surface area contributed by atoms with Crippen LogP contribution in [0.3, 0.4) is 0 Å². The number of alkyl halides is 3. The van der Waals surface area contributed by atoms with Crippen LogP contribution in [0.2, 0.25) is 0 Å². The topological polar surface area (TPSA) is 71.1 Å². The second kappa shape index (κ2) is 7.93. The summed E-state index contributed by atoms with van der Waals surface area (Å²) in [6.07, 6.45) is 3.36. The lowest BCUT2D eigenvalue weighted by Crippen LogP contribution is -2.41. The number of fused-ring (bicyclic) bond motifs is 2. The van der Waals surface area contributed by atoms with Crippen molar-refractivity contribution in [1.29, 1.82) is 0 Å². The normalized spacial score (nSPS) is 24.6. The van der Waals surface area contributed by atoms with Crippen molar-refractivity contribution < 1.29 is 22.8 Å². The zero-order valence-corrected chi connectivity index (χ0v) is 15.9. The van der Waals surface area contributed by atoms with Crippen molar-refractivity contribution in [1.82, 2.24) is 10.3 Å². The molecule has 4 atom stereocenters. The molecule has 1 aromatic heterocycles. The molecule has 2 amide bonds. The Labute approximate surface area is 171 Å². The number of rotatable bonds is 5. The summed E-state index contributed by atoms with van der Waals surface area (Å²) in [5, 5.41) is 5.44. The van der Waals surface area contributed by atoms with Gasteiger partial charge in [0, 0.05) is 24.6 Å². The molecular weight excluding hydrogens is 395 g/mol. The van der Waals surface area contributed by atoms with Crippen LogP contribution in [-0.2, 0) is 22.3 Å². The van der Waals surface area contributed by atoms with Crippen molar-refractivity contribution in [3.63, 3.8) is 0 Å². The summed E-state index contributed by atoms with van der Waals surface area (Å²) in [6.45, 7) is 0.298. The minimum Gasteiger partial charge on any atom is -0.352 e. The van der Waals surface area contributed by atoms with Gasteiger partial charge in [0.15, 0.2) is 0 Å². The van der Waals surface area contributed by atoms with Crippen LogP contribution in [0.25, 0.3) is 0 Å². The van der Waals surface area contributed by atoms with Crippen LogP contribution in [0.4, 0.5) is 18.9 Å². The second-order valence-electron chi connectivity index (χ2n) is 7.65. The molecule has 1 aromatic carbocycles. The van der Waals surface area contributed by atoms with Gasteiger partial charge in [-0.25, -0.2) is 0 Å². The van der Waals surface area contributed by atoms with Crippen molar-refractivity contribution >= 4 is 17.5 Å². The minimum atomic E-state index is -4.50. The number of hydrogen-bond acceptors (Lipinski definition) is 3. The lowest BCUT2D eigenvalue weighted by Gasteiger charge is -2.26. The standard InChI is InChI=1S/C22H20F3N3O2/c23-22(24,25)16-4-1-5-17(10-16)28-21(30)19-15-7-6-14(9-15)18(19)20(29)27-12-13-3-2-8-26-11-13/h1-8,10-11,14-15,18-19H,9,12H2,(H,27,29)(H,28,30)/t14-,15-,18+,19+/m1/s1. The van der Waals surface area contributed by atoms with Gasteiger partial charge in [-0.2, -0.15) is 13.2 Å². The molecule has 0 saturated heterocycles. The largest absolute Gasteiger partial charge is 0.416 e. The zero-order chi connectivity index (χ0) is 21.3. The molecule has 0 aliphatic heterocycles. The molecule has 4 rings (SSSR count). The fraction of sp³-hybridized carbons (Fsp3) is 0.318. The van der Waals surface area contributed by atoms with E-state index < -0.39 is 29.5 Å². The van der Waals surface area contributed by atoms with E-state index in [1.165, 1.54) is 12.1 Å². The molecule has 2 N–H and O–H groups in total. The molecule has 2 aromatic rings. The molecule has 5 nitrogen and oxygen atoms in total. The summed E-state index contributed by atoms with van der Waals surface area (Å²) in [7, 11) is 0. The molecule has 2 bridgehead atoms. The third kappa shape index (κ3) is 4.08. The van der Waals surface area contributed by atoms with Crippen molar-refractivity contribution in [2.75, 3.05) is 5.32 Å². The first-order valence-electron chi connectivity index (χ1n) is 9.66. The zero-order valence-electron chi connectivity index (χ0n) is 15.9. The van der Waals surface area contributed by atoms with Crippen LogP contribution in [0.5, 0.6) is 0 Å². The summed E-state index contributed by atoms with van der Waals surface area (Å²) in [5.41, 5.74) is 0.0736. The maximum absolute atomic E-state index is 12.9. The Morgan fingerprint density at radius 3 is 2.43 bits per heavy atom. The summed E-state index contributed by atoms with van der Waals surface area (Å²) in [6, 6.07) is 8.12. The summed E-state index contributed by atoms with van der Waals surface area (Å²) >= 11 is 0. The maximum atomic E-state index is 12.9. The monoisotopic (exact) mass is 415 g/mol. The van der Waals surface area contributed by atoms with E-state index in [9.17, 15) is 22.8 Å². The Kier molecular flexibility index (Phi) is 5.32. The summed E-state index contributed by atoms with van der Waals surface area (Å²) in [4.78, 5) is 29.8. The number of carbonyl (C=O) groups excluding carboxylic acids is 2. The van der Waals surface area contributed by atoms with E-state index in [0.717, 1.165) is 17.7 Å². The molecule has 0 unspecified atom stereocenters. The van der Waals surface area contributed by atoms with E-state index in [2.05, 4.69) is 15.6 Å². The maximum Gasteiger partial charge on any atom is 0.416 e. The summed E-state index contributed by atoms with van der Waals surface area (Å²) < 4.78 is 38.8. The van der Waals surface area contributed by atoms with E-state index >= 15 is 0 Å². The number of benzene rings is 1. The SMILES string of the molecule is O=C(NCc1cccnc1)[C@@H]1[C@@H](C(=O)Nc2cccc(C(F)(F)F)c2)[C@@H]2C=C[C@@H]1C2. The number of allylic oxidation sites excluding steroid dienone is 2. The number of halogens is 3. The number of amides is 2. The van der Waals surface area contributed by atoms with Gasteiger partial charge in [-0.15, -0.1) is 0 Å². The fourth-order valence-corrected chi connectivity index (χ4v) is 4.35. The first-order chi connectivity index (χ1) is 14.3. The van der Waals surface area contributed by atoms with Crippen LogP contribution in [0.1, 0.15) is 17.5 Å². The Morgan fingerprint density at radius 2 is 1.77 bits per heavy atom. The minimum absolute atomic E-state index is 0.0545. The van der Waals surface area contributed by atoms with Crippen molar-refractivity contribution in [3.8, 4) is 0 Å². The predicted molar refractivity (Wildman–Crippen MR) is 104 cm³/mol. The van der Waals surface area contributed by atoms with Gasteiger partial charge in [-0.05, 0) is 48.1 Å². The Bertz CT molecular complexity index is 975. The highest BCUT2D eigenvalue weighted by atomic mass is 19.4. The van der Waals surface area contributed by atoms with E-state index in [-0.39, 0.29) is 23.4 Å². The predicted octanol–water partition coefficient (Wildman–Crippen LogP) is 3.79. The molecule has 1 fully saturated rings. The van der Waals surface area contributed by atoms with E-state index in [1.807, 2.05) is 18.2 Å². The number of nitrogens with zero attached hydrogens (tertiary/aromatic N) is 1. The average molecular weight is 415 g/mol. The number of nitrogens with one attached hydrogen (secondary N) is 2. The van der Waals surface area contributed by atoms with Gasteiger partial charge in [-0.3, -0.25) is 14.6 Å². The first kappa shape index (κ1) is 20.1. The fourth-order valence-electron chi connectivity index (χ4n) is 4.35. The van der Waals surface area contributed by atoms with Gasteiger partial charge in [0.2, 0.25) is 11.8 Å². The van der Waals surface area contributed by atoms with E-state index in [1.54, 1.807) is 18.5 Å². The first-order valence-corrected chi connectivity index (χ1v) is 9.66. The van der Waals surface area contributed by atoms with Gasteiger partial charge in [0.25, 0.3) is 0 Å². The average Bonchev–Trinajstić information content (AvgIpc) is 3.34. The van der Waals surface area contributed by atoms with Crippen LogP contribution < -0.4 is 10.6 Å². The van der Waals surface area contributed by atoms with Crippen LogP contribution in [0.15, 0.2) is 60.9 Å². The Balaban J connectivity index is 1.47. The third-order valence-electron chi connectivity index (χ3n) is 5.71. The molecule has 8 heteroatoms. The molecule has 0 radical (unpaired) electrons. The molecule has 2 aliphatic carbocycles. The molecule has 2 aliphatic rings.